The highest BCUT2D eigenvalue weighted by Crippen LogP contribution is 2.31. The molecule has 0 aliphatic heterocycles. The quantitative estimate of drug-likeness (QED) is 0.721. The van der Waals surface area contributed by atoms with Gasteiger partial charge in [0.1, 0.15) is 5.00 Å². The molecule has 2 nitrogen and oxygen atoms in total. The summed E-state index contributed by atoms with van der Waals surface area (Å²) < 4.78 is 35.4. The molecule has 1 aromatic rings. The normalized spacial score (nSPS) is 11.9. The molecule has 0 bridgehead atoms. The molecule has 68 valence electrons. The lowest BCUT2D eigenvalue weighted by Gasteiger charge is -2.01. The van der Waals surface area contributed by atoms with Crippen molar-refractivity contribution in [3.05, 3.63) is 10.9 Å². The van der Waals surface area contributed by atoms with E-state index in [0.29, 0.717) is 0 Å². The fourth-order valence-corrected chi connectivity index (χ4v) is 1.64. The average Bonchev–Trinajstić information content (AvgIpc) is 2.07. The maximum absolute atomic E-state index is 11.8. The van der Waals surface area contributed by atoms with E-state index >= 15 is 0 Å². The number of nitrogen functional groups attached to an aromatic ring is 2. The van der Waals surface area contributed by atoms with Crippen molar-refractivity contribution in [3.63, 3.8) is 0 Å². The summed E-state index contributed by atoms with van der Waals surface area (Å²) in [5.74, 6) is 0. The molecule has 0 atom stereocenters. The first kappa shape index (κ1) is 9.18. The number of anilines is 2. The standard InChI is InChI=1S/C6H7F3N2S/c7-6(8,9)2-3-1-4(10)5(11)12-3/h1H,2,10-11H2. The van der Waals surface area contributed by atoms with E-state index in [-0.39, 0.29) is 15.6 Å². The van der Waals surface area contributed by atoms with E-state index in [9.17, 15) is 13.2 Å². The smallest absolute Gasteiger partial charge is 0.393 e. The van der Waals surface area contributed by atoms with Crippen molar-refractivity contribution in [2.24, 2.45) is 0 Å². The van der Waals surface area contributed by atoms with Gasteiger partial charge >= 0.3 is 6.18 Å². The topological polar surface area (TPSA) is 52.0 Å². The summed E-state index contributed by atoms with van der Waals surface area (Å²) in [6.07, 6.45) is -5.15. The Bertz CT molecular complexity index is 259. The van der Waals surface area contributed by atoms with Crippen LogP contribution in [0.15, 0.2) is 6.07 Å². The number of thiophene rings is 1. The van der Waals surface area contributed by atoms with E-state index in [1.165, 1.54) is 6.07 Å². The Labute approximate surface area is 71.0 Å². The van der Waals surface area contributed by atoms with Gasteiger partial charge in [-0.25, -0.2) is 0 Å². The summed E-state index contributed by atoms with van der Waals surface area (Å²) >= 11 is 0.874. The Kier molecular flexibility index (Phi) is 2.18. The monoisotopic (exact) mass is 196 g/mol. The summed E-state index contributed by atoms with van der Waals surface area (Å²) in [5.41, 5.74) is 10.8. The van der Waals surface area contributed by atoms with Gasteiger partial charge in [-0.15, -0.1) is 11.3 Å². The van der Waals surface area contributed by atoms with E-state index in [1.54, 1.807) is 0 Å². The molecule has 0 saturated carbocycles. The molecule has 0 saturated heterocycles. The Balaban J connectivity index is 2.77. The van der Waals surface area contributed by atoms with E-state index in [2.05, 4.69) is 0 Å². The maximum atomic E-state index is 11.8. The van der Waals surface area contributed by atoms with Crippen LogP contribution >= 0.6 is 11.3 Å². The van der Waals surface area contributed by atoms with Gasteiger partial charge in [0.05, 0.1) is 12.1 Å². The molecule has 0 unspecified atom stereocenters. The summed E-state index contributed by atoms with van der Waals surface area (Å²) in [7, 11) is 0. The molecule has 0 amide bonds. The van der Waals surface area contributed by atoms with Crippen molar-refractivity contribution in [1.29, 1.82) is 0 Å². The SMILES string of the molecule is Nc1cc(CC(F)(F)F)sc1N. The fourth-order valence-electron chi connectivity index (χ4n) is 0.759. The Morgan fingerprint density at radius 2 is 1.92 bits per heavy atom. The first-order valence-corrected chi connectivity index (χ1v) is 3.90. The third kappa shape index (κ3) is 2.30. The summed E-state index contributed by atoms with van der Waals surface area (Å²) in [6, 6.07) is 1.26. The molecule has 1 rings (SSSR count). The molecule has 1 aromatic heterocycles. The van der Waals surface area contributed by atoms with Crippen LogP contribution in [0.25, 0.3) is 0 Å². The van der Waals surface area contributed by atoms with E-state index in [0.717, 1.165) is 11.3 Å². The third-order valence-corrected chi connectivity index (χ3v) is 2.20. The lowest BCUT2D eigenvalue weighted by molar-refractivity contribution is -0.126. The molecule has 1 heterocycles. The van der Waals surface area contributed by atoms with Crippen LogP contribution in [-0.2, 0) is 6.42 Å². The second kappa shape index (κ2) is 2.85. The molecule has 0 aromatic carbocycles. The lowest BCUT2D eigenvalue weighted by atomic mass is 10.3. The van der Waals surface area contributed by atoms with Gasteiger partial charge in [0, 0.05) is 4.88 Å². The van der Waals surface area contributed by atoms with Crippen LogP contribution in [-0.4, -0.2) is 6.18 Å². The molecular formula is C6H7F3N2S. The first-order chi connectivity index (χ1) is 5.38. The van der Waals surface area contributed by atoms with Crippen molar-refractivity contribution < 1.29 is 13.2 Å². The van der Waals surface area contributed by atoms with Gasteiger partial charge in [0.25, 0.3) is 0 Å². The largest absolute Gasteiger partial charge is 0.396 e. The first-order valence-electron chi connectivity index (χ1n) is 3.09. The van der Waals surface area contributed by atoms with Crippen LogP contribution < -0.4 is 11.5 Å². The molecule has 0 aliphatic rings. The predicted molar refractivity (Wildman–Crippen MR) is 42.9 cm³/mol. The summed E-state index contributed by atoms with van der Waals surface area (Å²) in [6.45, 7) is 0. The second-order valence-electron chi connectivity index (χ2n) is 2.32. The third-order valence-electron chi connectivity index (χ3n) is 1.22. The van der Waals surface area contributed by atoms with E-state index < -0.39 is 12.6 Å². The molecule has 0 radical (unpaired) electrons. The van der Waals surface area contributed by atoms with E-state index in [4.69, 9.17) is 11.5 Å². The molecule has 0 spiro atoms. The summed E-state index contributed by atoms with van der Waals surface area (Å²) in [4.78, 5) is 0.150. The van der Waals surface area contributed by atoms with Gasteiger partial charge in [0.15, 0.2) is 0 Å². The van der Waals surface area contributed by atoms with Crippen LogP contribution in [0.1, 0.15) is 4.88 Å². The number of alkyl halides is 3. The highest BCUT2D eigenvalue weighted by Gasteiger charge is 2.28. The van der Waals surface area contributed by atoms with Crippen LogP contribution in [0.2, 0.25) is 0 Å². The van der Waals surface area contributed by atoms with Crippen molar-refractivity contribution >= 4 is 22.0 Å². The minimum Gasteiger partial charge on any atom is -0.396 e. The van der Waals surface area contributed by atoms with Crippen molar-refractivity contribution in [2.45, 2.75) is 12.6 Å². The molecule has 12 heavy (non-hydrogen) atoms. The minimum atomic E-state index is -4.19. The molecular weight excluding hydrogens is 189 g/mol. The minimum absolute atomic E-state index is 0.150. The van der Waals surface area contributed by atoms with Crippen LogP contribution in [0.4, 0.5) is 23.9 Å². The number of rotatable bonds is 1. The average molecular weight is 196 g/mol. The van der Waals surface area contributed by atoms with Crippen molar-refractivity contribution in [1.82, 2.24) is 0 Å². The number of nitrogens with two attached hydrogens (primary N) is 2. The van der Waals surface area contributed by atoms with Gasteiger partial charge in [-0.05, 0) is 6.07 Å². The fraction of sp³-hybridized carbons (Fsp3) is 0.333. The van der Waals surface area contributed by atoms with Gasteiger partial charge in [-0.1, -0.05) is 0 Å². The number of hydrogen-bond acceptors (Lipinski definition) is 3. The zero-order chi connectivity index (χ0) is 9.35. The Hall–Kier alpha value is -0.910. The Morgan fingerprint density at radius 3 is 2.25 bits per heavy atom. The van der Waals surface area contributed by atoms with Crippen LogP contribution in [0, 0.1) is 0 Å². The summed E-state index contributed by atoms with van der Waals surface area (Å²) in [5, 5.41) is 0.245. The van der Waals surface area contributed by atoms with Crippen LogP contribution in [0.5, 0.6) is 0 Å². The lowest BCUT2D eigenvalue weighted by Crippen LogP contribution is -2.10. The predicted octanol–water partition coefficient (Wildman–Crippen LogP) is 2.02. The van der Waals surface area contributed by atoms with Crippen molar-refractivity contribution in [3.8, 4) is 0 Å². The van der Waals surface area contributed by atoms with Crippen LogP contribution in [0.3, 0.4) is 0 Å². The van der Waals surface area contributed by atoms with Gasteiger partial charge in [-0.3, -0.25) is 0 Å². The second-order valence-corrected chi connectivity index (χ2v) is 3.49. The zero-order valence-electron chi connectivity index (χ0n) is 5.98. The van der Waals surface area contributed by atoms with Gasteiger partial charge in [-0.2, -0.15) is 13.2 Å². The highest BCUT2D eigenvalue weighted by atomic mass is 32.1. The number of halogens is 3. The van der Waals surface area contributed by atoms with Gasteiger partial charge < -0.3 is 11.5 Å². The number of hydrogen-bond donors (Lipinski definition) is 2. The molecule has 0 fully saturated rings. The zero-order valence-corrected chi connectivity index (χ0v) is 6.80. The van der Waals surface area contributed by atoms with Crippen molar-refractivity contribution in [2.75, 3.05) is 11.5 Å². The molecule has 4 N–H and O–H groups in total. The maximum Gasteiger partial charge on any atom is 0.393 e. The van der Waals surface area contributed by atoms with E-state index in [1.807, 2.05) is 0 Å². The highest BCUT2D eigenvalue weighted by molar-refractivity contribution is 7.16. The molecule has 6 heteroatoms. The van der Waals surface area contributed by atoms with Gasteiger partial charge in [0.2, 0.25) is 0 Å². The Morgan fingerprint density at radius 1 is 1.33 bits per heavy atom. The molecule has 0 aliphatic carbocycles.